The van der Waals surface area contributed by atoms with E-state index in [1.54, 1.807) is 18.2 Å². The van der Waals surface area contributed by atoms with Crippen molar-refractivity contribution in [1.29, 1.82) is 0 Å². The number of benzene rings is 1. The fourth-order valence-corrected chi connectivity index (χ4v) is 1.28. The van der Waals surface area contributed by atoms with Gasteiger partial charge < -0.3 is 10.1 Å². The fraction of sp³-hybridized carbons (Fsp3) is 0.125. The van der Waals surface area contributed by atoms with Crippen molar-refractivity contribution in [3.63, 3.8) is 0 Å². The van der Waals surface area contributed by atoms with E-state index < -0.39 is 6.09 Å². The normalized spacial score (nSPS) is 14.6. The predicted octanol–water partition coefficient (Wildman–Crippen LogP) is 1.94. The highest BCUT2D eigenvalue weighted by Crippen LogP contribution is 2.24. The largest absolute Gasteiger partial charge is 0.412 e. The van der Waals surface area contributed by atoms with Crippen molar-refractivity contribution in [1.82, 2.24) is 5.32 Å². The summed E-state index contributed by atoms with van der Waals surface area (Å²) in [7, 11) is 0. The summed E-state index contributed by atoms with van der Waals surface area (Å²) >= 11 is 5.74. The minimum atomic E-state index is -0.412. The van der Waals surface area contributed by atoms with Gasteiger partial charge in [0.05, 0.1) is 0 Å². The minimum absolute atomic E-state index is 0.412. The summed E-state index contributed by atoms with van der Waals surface area (Å²) in [6.07, 6.45) is -0.412. The Morgan fingerprint density at radius 1 is 1.50 bits per heavy atom. The van der Waals surface area contributed by atoms with Gasteiger partial charge in [0, 0.05) is 17.1 Å². The van der Waals surface area contributed by atoms with E-state index in [1.165, 1.54) is 0 Å². The van der Waals surface area contributed by atoms with E-state index in [9.17, 15) is 4.79 Å². The maximum atomic E-state index is 10.7. The van der Waals surface area contributed by atoms with Crippen LogP contribution >= 0.6 is 11.6 Å². The second kappa shape index (κ2) is 2.68. The molecule has 1 N–H and O–H groups in total. The molecule has 0 spiro atoms. The highest BCUT2D eigenvalue weighted by atomic mass is 35.5. The van der Waals surface area contributed by atoms with E-state index in [2.05, 4.69) is 5.32 Å². The molecule has 0 bridgehead atoms. The summed E-state index contributed by atoms with van der Waals surface area (Å²) in [5, 5.41) is 3.19. The quantitative estimate of drug-likeness (QED) is 0.668. The summed E-state index contributed by atoms with van der Waals surface area (Å²) in [5.74, 6) is 0.586. The Kier molecular flexibility index (Phi) is 1.66. The van der Waals surface area contributed by atoms with Crippen molar-refractivity contribution in [2.75, 3.05) is 0 Å². The maximum Gasteiger partial charge on any atom is 0.412 e. The van der Waals surface area contributed by atoms with Gasteiger partial charge in [0.1, 0.15) is 5.75 Å². The predicted molar refractivity (Wildman–Crippen MR) is 44.3 cm³/mol. The van der Waals surface area contributed by atoms with Crippen LogP contribution in [0.5, 0.6) is 5.75 Å². The Morgan fingerprint density at radius 2 is 2.33 bits per heavy atom. The first-order valence-electron chi connectivity index (χ1n) is 3.50. The second-order valence-corrected chi connectivity index (χ2v) is 2.93. The van der Waals surface area contributed by atoms with E-state index in [4.69, 9.17) is 16.3 Å². The zero-order valence-electron chi connectivity index (χ0n) is 6.13. The number of carbonyl (C=O) groups is 1. The van der Waals surface area contributed by atoms with Crippen LogP contribution in [-0.4, -0.2) is 6.09 Å². The van der Waals surface area contributed by atoms with Crippen molar-refractivity contribution in [2.24, 2.45) is 0 Å². The minimum Gasteiger partial charge on any atom is -0.410 e. The lowest BCUT2D eigenvalue weighted by molar-refractivity contribution is 0.194. The molecule has 0 aliphatic carbocycles. The van der Waals surface area contributed by atoms with Crippen LogP contribution in [0.15, 0.2) is 18.2 Å². The highest BCUT2D eigenvalue weighted by Gasteiger charge is 2.15. The molecule has 2 rings (SSSR count). The third-order valence-electron chi connectivity index (χ3n) is 1.65. The lowest BCUT2D eigenvalue weighted by Gasteiger charge is -2.16. The summed E-state index contributed by atoms with van der Waals surface area (Å²) in [6.45, 7) is 0.481. The van der Waals surface area contributed by atoms with Gasteiger partial charge in [-0.05, 0) is 18.2 Å². The molecule has 0 radical (unpaired) electrons. The van der Waals surface area contributed by atoms with Crippen molar-refractivity contribution >= 4 is 17.7 Å². The standard InChI is InChI=1S/C8H6ClNO2/c9-6-1-2-7-5(3-6)4-10-8(11)12-7/h1-3H,4H2,(H,10,11). The van der Waals surface area contributed by atoms with Crippen molar-refractivity contribution in [3.8, 4) is 5.75 Å². The van der Waals surface area contributed by atoms with Crippen LogP contribution in [0.3, 0.4) is 0 Å². The third kappa shape index (κ3) is 1.23. The van der Waals surface area contributed by atoms with Crippen molar-refractivity contribution in [3.05, 3.63) is 28.8 Å². The van der Waals surface area contributed by atoms with Gasteiger partial charge in [0.25, 0.3) is 0 Å². The first kappa shape index (κ1) is 7.43. The van der Waals surface area contributed by atoms with Gasteiger partial charge >= 0.3 is 6.09 Å². The van der Waals surface area contributed by atoms with Crippen molar-refractivity contribution in [2.45, 2.75) is 6.54 Å². The molecule has 1 aromatic carbocycles. The zero-order valence-corrected chi connectivity index (χ0v) is 6.89. The molecule has 0 saturated carbocycles. The molecule has 1 aliphatic rings. The summed E-state index contributed by atoms with van der Waals surface area (Å²) < 4.78 is 4.88. The van der Waals surface area contributed by atoms with E-state index in [0.29, 0.717) is 17.3 Å². The third-order valence-corrected chi connectivity index (χ3v) is 1.88. The average Bonchev–Trinajstić information content (AvgIpc) is 2.05. The molecular weight excluding hydrogens is 178 g/mol. The second-order valence-electron chi connectivity index (χ2n) is 2.50. The Balaban J connectivity index is 2.43. The number of amides is 1. The Bertz CT molecular complexity index is 338. The highest BCUT2D eigenvalue weighted by molar-refractivity contribution is 6.30. The monoisotopic (exact) mass is 183 g/mol. The molecule has 0 unspecified atom stereocenters. The van der Waals surface area contributed by atoms with Crippen LogP contribution in [0.1, 0.15) is 5.56 Å². The van der Waals surface area contributed by atoms with Crippen LogP contribution < -0.4 is 10.1 Å². The smallest absolute Gasteiger partial charge is 0.410 e. The Labute approximate surface area is 74.3 Å². The summed E-state index contributed by atoms with van der Waals surface area (Å²) in [4.78, 5) is 10.7. The lowest BCUT2D eigenvalue weighted by atomic mass is 10.2. The van der Waals surface area contributed by atoms with Crippen molar-refractivity contribution < 1.29 is 9.53 Å². The van der Waals surface area contributed by atoms with Gasteiger partial charge in [-0.1, -0.05) is 11.6 Å². The molecule has 1 aliphatic heterocycles. The average molecular weight is 184 g/mol. The number of hydrogen-bond acceptors (Lipinski definition) is 2. The van der Waals surface area contributed by atoms with Gasteiger partial charge in [-0.3, -0.25) is 0 Å². The van der Waals surface area contributed by atoms with Gasteiger partial charge in [-0.2, -0.15) is 0 Å². The van der Waals surface area contributed by atoms with Crippen LogP contribution in [0.25, 0.3) is 0 Å². The molecular formula is C8H6ClNO2. The maximum absolute atomic E-state index is 10.7. The Morgan fingerprint density at radius 3 is 3.17 bits per heavy atom. The fourth-order valence-electron chi connectivity index (χ4n) is 1.09. The number of rotatable bonds is 0. The van der Waals surface area contributed by atoms with E-state index in [-0.39, 0.29) is 0 Å². The van der Waals surface area contributed by atoms with Gasteiger partial charge in [0.2, 0.25) is 0 Å². The number of nitrogens with one attached hydrogen (secondary N) is 1. The number of fused-ring (bicyclic) bond motifs is 1. The van der Waals surface area contributed by atoms with Gasteiger partial charge in [-0.25, -0.2) is 4.79 Å². The molecule has 0 fully saturated rings. The molecule has 1 heterocycles. The lowest BCUT2D eigenvalue weighted by Crippen LogP contribution is -2.31. The summed E-state index contributed by atoms with van der Waals surface area (Å²) in [6, 6.07) is 5.16. The summed E-state index contributed by atoms with van der Waals surface area (Å²) in [5.41, 5.74) is 0.905. The van der Waals surface area contributed by atoms with Crippen LogP contribution in [0.2, 0.25) is 5.02 Å². The van der Waals surface area contributed by atoms with E-state index in [0.717, 1.165) is 5.56 Å². The van der Waals surface area contributed by atoms with E-state index >= 15 is 0 Å². The molecule has 0 saturated heterocycles. The number of hydrogen-bond donors (Lipinski definition) is 1. The van der Waals surface area contributed by atoms with Crippen LogP contribution in [-0.2, 0) is 6.54 Å². The Hall–Kier alpha value is -1.22. The zero-order chi connectivity index (χ0) is 8.55. The molecule has 12 heavy (non-hydrogen) atoms. The number of carbonyl (C=O) groups excluding carboxylic acids is 1. The number of halogens is 1. The first-order chi connectivity index (χ1) is 5.75. The molecule has 4 heteroatoms. The molecule has 1 aromatic rings. The first-order valence-corrected chi connectivity index (χ1v) is 3.87. The molecule has 0 atom stereocenters. The molecule has 1 amide bonds. The molecule has 0 aromatic heterocycles. The van der Waals surface area contributed by atoms with Crippen LogP contribution in [0, 0.1) is 0 Å². The van der Waals surface area contributed by atoms with Gasteiger partial charge in [-0.15, -0.1) is 0 Å². The van der Waals surface area contributed by atoms with Crippen LogP contribution in [0.4, 0.5) is 4.79 Å². The SMILES string of the molecule is O=C1NCc2cc(Cl)ccc2O1. The van der Waals surface area contributed by atoms with E-state index in [1.807, 2.05) is 0 Å². The van der Waals surface area contributed by atoms with Gasteiger partial charge in [0.15, 0.2) is 0 Å². The topological polar surface area (TPSA) is 38.3 Å². The number of ether oxygens (including phenoxy) is 1. The molecule has 62 valence electrons. The molecule has 3 nitrogen and oxygen atoms in total.